The number of nitrogens with zero attached hydrogens (tertiary/aromatic N) is 6. The average Bonchev–Trinajstić information content (AvgIpc) is 3.67. The Morgan fingerprint density at radius 2 is 2.07 bits per heavy atom. The lowest BCUT2D eigenvalue weighted by molar-refractivity contribution is -0.113. The molecule has 232 valence electrons. The highest BCUT2D eigenvalue weighted by molar-refractivity contribution is 8.07. The van der Waals surface area contributed by atoms with E-state index in [1.807, 2.05) is 0 Å². The Kier molecular flexibility index (Phi) is 7.47. The fourth-order valence-electron chi connectivity index (χ4n) is 5.16. The Balaban J connectivity index is 1.20. The number of aromatic nitrogens is 7. The summed E-state index contributed by atoms with van der Waals surface area (Å²) in [4.78, 5) is 41.3. The van der Waals surface area contributed by atoms with E-state index in [0.717, 1.165) is 23.4 Å². The van der Waals surface area contributed by atoms with Gasteiger partial charge in [-0.15, -0.1) is 0 Å². The highest BCUT2D eigenvalue weighted by atomic mass is 32.5. The van der Waals surface area contributed by atoms with Crippen molar-refractivity contribution < 1.29 is 42.4 Å². The van der Waals surface area contributed by atoms with Gasteiger partial charge in [-0.3, -0.25) is 18.9 Å². The first kappa shape index (κ1) is 29.9. The Morgan fingerprint density at radius 3 is 2.81 bits per heavy atom. The van der Waals surface area contributed by atoms with Gasteiger partial charge in [0.25, 0.3) is 5.56 Å². The number of ether oxygens (including phenoxy) is 2. The molecule has 2 aliphatic rings. The van der Waals surface area contributed by atoms with Gasteiger partial charge in [-0.2, -0.15) is 4.98 Å². The second kappa shape index (κ2) is 10.8. The molecule has 2 aliphatic heterocycles. The predicted molar refractivity (Wildman–Crippen MR) is 147 cm³/mol. The van der Waals surface area contributed by atoms with E-state index in [-0.39, 0.29) is 40.4 Å². The maximum atomic E-state index is 15.4. The zero-order valence-electron chi connectivity index (χ0n) is 22.1. The van der Waals surface area contributed by atoms with E-state index in [2.05, 4.69) is 24.9 Å². The van der Waals surface area contributed by atoms with Crippen molar-refractivity contribution in [2.24, 2.45) is 0 Å². The molecule has 43 heavy (non-hydrogen) atoms. The summed E-state index contributed by atoms with van der Waals surface area (Å²) in [5, 5.41) is 20.5. The van der Waals surface area contributed by atoms with Gasteiger partial charge in [0.2, 0.25) is 5.95 Å². The van der Waals surface area contributed by atoms with Gasteiger partial charge in [0, 0.05) is 12.6 Å². The van der Waals surface area contributed by atoms with Crippen LogP contribution in [0, 0.1) is 5.82 Å². The van der Waals surface area contributed by atoms with Crippen LogP contribution < -0.4 is 17.0 Å². The summed E-state index contributed by atoms with van der Waals surface area (Å²) in [5.74, 6) is -0.990. The fraction of sp³-hybridized carbons (Fsp3) is 0.500. The third-order valence-electron chi connectivity index (χ3n) is 7.38. The van der Waals surface area contributed by atoms with Gasteiger partial charge < -0.3 is 45.1 Å². The van der Waals surface area contributed by atoms with Crippen molar-refractivity contribution in [1.82, 2.24) is 34.1 Å². The first-order valence-electron chi connectivity index (χ1n) is 12.7. The molecule has 0 aromatic carbocycles. The summed E-state index contributed by atoms with van der Waals surface area (Å²) in [6.07, 6.45) is -5.15. The van der Waals surface area contributed by atoms with Crippen molar-refractivity contribution in [1.29, 1.82) is 0 Å². The Labute approximate surface area is 244 Å². The van der Waals surface area contributed by atoms with Gasteiger partial charge in [0.1, 0.15) is 36.2 Å². The lowest BCUT2D eigenvalue weighted by Gasteiger charge is -2.31. The lowest BCUT2D eigenvalue weighted by atomic mass is 10.0. The zero-order chi connectivity index (χ0) is 30.8. The number of hydrogen-bond donors (Lipinski definition) is 6. The van der Waals surface area contributed by atoms with E-state index >= 15 is 4.39 Å². The van der Waals surface area contributed by atoms with Gasteiger partial charge in [-0.05, 0) is 18.7 Å². The molecule has 0 saturated carbocycles. The highest BCUT2D eigenvalue weighted by Gasteiger charge is 2.51. The number of H-pyrrole nitrogens is 1. The number of nitrogens with one attached hydrogen (secondary N) is 1. The monoisotopic (exact) mass is 645 g/mol. The van der Waals surface area contributed by atoms with Crippen LogP contribution in [0.1, 0.15) is 25.8 Å². The number of aromatic amines is 1. The van der Waals surface area contributed by atoms with Crippen LogP contribution in [-0.4, -0.2) is 92.5 Å². The van der Waals surface area contributed by atoms with Crippen LogP contribution in [0.25, 0.3) is 22.2 Å². The average molecular weight is 646 g/mol. The molecule has 2 unspecified atom stereocenters. The predicted octanol–water partition coefficient (Wildman–Crippen LogP) is -0.247. The van der Waals surface area contributed by atoms with Crippen molar-refractivity contribution in [2.75, 3.05) is 24.7 Å². The Hall–Kier alpha value is -3.20. The van der Waals surface area contributed by atoms with E-state index in [4.69, 9.17) is 41.8 Å². The van der Waals surface area contributed by atoms with Gasteiger partial charge in [0.15, 0.2) is 35.0 Å². The van der Waals surface area contributed by atoms with Crippen molar-refractivity contribution in [3.8, 4) is 0 Å². The number of anilines is 2. The first-order chi connectivity index (χ1) is 20.3. The largest absolute Gasteiger partial charge is 0.394 e. The molecule has 8 N–H and O–H groups in total. The number of aliphatic hydroxyl groups is 2. The van der Waals surface area contributed by atoms with Gasteiger partial charge in [0.05, 0.1) is 31.0 Å². The molecule has 0 bridgehead atoms. The Bertz CT molecular complexity index is 1810. The molecule has 17 nitrogen and oxygen atoms in total. The molecule has 0 radical (unpaired) electrons. The second-order valence-corrected chi connectivity index (χ2v) is 13.0. The number of hydrogen-bond acceptors (Lipinski definition) is 14. The standard InChI is InChI=1S/C22H26F2N9O8PS/c1-22(10(35)2-11(40-22)32-3-8(23)12-16(25)27-6-28-17(12)32)5-38-42(37,43)41-15-13(24)9(4-34)39-20(15)33-7-29-14-18(33)30-21(26)31-19(14)36/h3,6-7,9-11,13,15,20,34-35H,2,4-5H2,1H3,(H,37,43)(H2,25,27,28)(H3,26,30,31,36)/t9-,10+,11-,13-,15-,20-,22?,42?/m1/s1. The minimum absolute atomic E-state index is 0.00633. The lowest BCUT2D eigenvalue weighted by Crippen LogP contribution is -2.40. The van der Waals surface area contributed by atoms with Crippen molar-refractivity contribution in [3.05, 3.63) is 35.0 Å². The summed E-state index contributed by atoms with van der Waals surface area (Å²) in [5.41, 5.74) is 9.23. The number of alkyl halides is 1. The summed E-state index contributed by atoms with van der Waals surface area (Å²) >= 11 is 5.15. The van der Waals surface area contributed by atoms with Crippen LogP contribution >= 0.6 is 6.72 Å². The van der Waals surface area contributed by atoms with Gasteiger partial charge in [-0.1, -0.05) is 0 Å². The molecule has 0 amide bonds. The molecule has 2 fully saturated rings. The number of nitrogen functional groups attached to an aromatic ring is 2. The summed E-state index contributed by atoms with van der Waals surface area (Å²) in [6.45, 7) is -4.09. The van der Waals surface area contributed by atoms with Crippen LogP contribution in [0.3, 0.4) is 0 Å². The van der Waals surface area contributed by atoms with Crippen LogP contribution in [0.15, 0.2) is 23.6 Å². The molecule has 4 aromatic rings. The number of imidazole rings is 1. The number of nitrogens with two attached hydrogens (primary N) is 2. The number of halogens is 2. The van der Waals surface area contributed by atoms with Crippen LogP contribution in [-0.2, 0) is 30.3 Å². The zero-order valence-corrected chi connectivity index (χ0v) is 23.9. The molecule has 0 spiro atoms. The van der Waals surface area contributed by atoms with E-state index in [1.54, 1.807) is 0 Å². The van der Waals surface area contributed by atoms with Crippen LogP contribution in [0.4, 0.5) is 20.5 Å². The molecule has 4 aromatic heterocycles. The number of fused-ring (bicyclic) bond motifs is 2. The van der Waals surface area contributed by atoms with E-state index in [0.29, 0.717) is 0 Å². The molecule has 2 saturated heterocycles. The molecular weight excluding hydrogens is 619 g/mol. The SMILES string of the molecule is CC1(COP(O)(=S)O[C@@H]2[C@H](F)[C@@H](CO)O[C@H]2n2cnc3c(=O)[nH]c(N)nc32)O[C@@H](n2cc(F)c3c(N)ncnc32)C[C@@H]1O. The van der Waals surface area contributed by atoms with E-state index < -0.39 is 73.8 Å². The summed E-state index contributed by atoms with van der Waals surface area (Å²) in [6, 6.07) is 0. The quantitative estimate of drug-likeness (QED) is 0.135. The summed E-state index contributed by atoms with van der Waals surface area (Å²) in [7, 11) is 0. The molecule has 6 rings (SSSR count). The number of aliphatic hydroxyl groups excluding tert-OH is 2. The smallest absolute Gasteiger partial charge is 0.325 e. The summed E-state index contributed by atoms with van der Waals surface area (Å²) < 4.78 is 55.1. The Morgan fingerprint density at radius 1 is 1.30 bits per heavy atom. The minimum Gasteiger partial charge on any atom is -0.394 e. The third-order valence-corrected chi connectivity index (χ3v) is 8.92. The van der Waals surface area contributed by atoms with Crippen LogP contribution in [0.5, 0.6) is 0 Å². The first-order valence-corrected chi connectivity index (χ1v) is 15.3. The van der Waals surface area contributed by atoms with Crippen LogP contribution in [0.2, 0.25) is 0 Å². The highest BCUT2D eigenvalue weighted by Crippen LogP contribution is 2.52. The second-order valence-electron chi connectivity index (χ2n) is 10.3. The molecule has 21 heteroatoms. The molecule has 8 atom stereocenters. The maximum Gasteiger partial charge on any atom is 0.325 e. The van der Waals surface area contributed by atoms with E-state index in [9.17, 15) is 24.3 Å². The number of rotatable bonds is 8. The van der Waals surface area contributed by atoms with Crippen molar-refractivity contribution in [3.63, 3.8) is 0 Å². The van der Waals surface area contributed by atoms with Crippen molar-refractivity contribution >= 4 is 52.5 Å². The molecule has 6 heterocycles. The van der Waals surface area contributed by atoms with Gasteiger partial charge >= 0.3 is 6.72 Å². The molecule has 0 aliphatic carbocycles. The topological polar surface area (TPSA) is 244 Å². The molecular formula is C22H26F2N9O8PS. The minimum atomic E-state index is -4.30. The van der Waals surface area contributed by atoms with Crippen molar-refractivity contribution in [2.45, 2.75) is 55.9 Å². The van der Waals surface area contributed by atoms with E-state index in [1.165, 1.54) is 11.5 Å². The maximum absolute atomic E-state index is 15.4. The third kappa shape index (κ3) is 5.17. The van der Waals surface area contributed by atoms with Gasteiger partial charge in [-0.25, -0.2) is 23.7 Å². The fourth-order valence-corrected chi connectivity index (χ4v) is 6.63. The normalized spacial score (nSPS) is 30.8.